The quantitative estimate of drug-likeness (QED) is 0.577. The number of anilines is 4. The molecule has 3 aromatic rings. The molecule has 3 N–H and O–H groups in total. The van der Waals surface area contributed by atoms with Gasteiger partial charge in [0, 0.05) is 36.0 Å². The minimum Gasteiger partial charge on any atom is -0.382 e. The number of nitrogens with two attached hydrogens (primary N) is 1. The molecule has 1 aromatic heterocycles. The summed E-state index contributed by atoms with van der Waals surface area (Å²) < 4.78 is 27.8. The molecule has 0 amide bonds. The lowest BCUT2D eigenvalue weighted by Gasteiger charge is -2.28. The number of aromatic nitrogens is 1. The van der Waals surface area contributed by atoms with Crippen molar-refractivity contribution in [2.45, 2.75) is 0 Å². The van der Waals surface area contributed by atoms with Crippen LogP contribution >= 0.6 is 23.1 Å². The number of thiazole rings is 1. The van der Waals surface area contributed by atoms with Gasteiger partial charge in [0.05, 0.1) is 5.56 Å². The summed E-state index contributed by atoms with van der Waals surface area (Å²) in [6, 6.07) is 11.2. The van der Waals surface area contributed by atoms with Gasteiger partial charge in [0.1, 0.15) is 22.3 Å². The second-order valence-corrected chi connectivity index (χ2v) is 8.65. The third-order valence-electron chi connectivity index (χ3n) is 4.54. The molecule has 1 saturated heterocycles. The Bertz CT molecular complexity index is 1010. The fraction of sp³-hybridized carbons (Fsp3) is 0.200. The lowest BCUT2D eigenvalue weighted by Crippen LogP contribution is -2.32. The highest BCUT2D eigenvalue weighted by Gasteiger charge is 2.24. The fourth-order valence-electron chi connectivity index (χ4n) is 3.08. The molecule has 4 rings (SSSR count). The van der Waals surface area contributed by atoms with Gasteiger partial charge in [0.25, 0.3) is 0 Å². The SMILES string of the molecule is Nc1nc(Nc2ccc(N3CCSCC3)cc2)sc1C(=O)c1c(F)cccc1F. The Morgan fingerprint density at radius 1 is 1.07 bits per heavy atom. The van der Waals surface area contributed by atoms with Gasteiger partial charge in [0.15, 0.2) is 5.13 Å². The van der Waals surface area contributed by atoms with Gasteiger partial charge in [0.2, 0.25) is 5.78 Å². The highest BCUT2D eigenvalue weighted by atomic mass is 32.2. The summed E-state index contributed by atoms with van der Waals surface area (Å²) in [4.78, 5) is 19.0. The van der Waals surface area contributed by atoms with Crippen molar-refractivity contribution in [1.29, 1.82) is 0 Å². The summed E-state index contributed by atoms with van der Waals surface area (Å²) >= 11 is 2.92. The standard InChI is InChI=1S/C20H18F2N4OS2/c21-14-2-1-3-15(22)16(14)17(27)18-19(23)25-20(29-18)24-12-4-6-13(7-5-12)26-8-10-28-11-9-26/h1-7H,8-11,23H2,(H,24,25). The summed E-state index contributed by atoms with van der Waals surface area (Å²) in [5.41, 5.74) is 7.15. The van der Waals surface area contributed by atoms with Crippen molar-refractivity contribution in [1.82, 2.24) is 4.98 Å². The van der Waals surface area contributed by atoms with E-state index in [-0.39, 0.29) is 10.7 Å². The Hall–Kier alpha value is -2.65. The molecule has 1 fully saturated rings. The largest absolute Gasteiger partial charge is 0.382 e. The molecule has 0 spiro atoms. The number of nitrogens with one attached hydrogen (secondary N) is 1. The Labute approximate surface area is 174 Å². The number of rotatable bonds is 5. The molecule has 0 saturated carbocycles. The Morgan fingerprint density at radius 2 is 1.72 bits per heavy atom. The molecule has 150 valence electrons. The smallest absolute Gasteiger partial charge is 0.212 e. The highest BCUT2D eigenvalue weighted by Crippen LogP contribution is 2.31. The van der Waals surface area contributed by atoms with Crippen LogP contribution in [0.5, 0.6) is 0 Å². The molecule has 1 aliphatic rings. The number of hydrogen-bond acceptors (Lipinski definition) is 7. The zero-order chi connectivity index (χ0) is 20.4. The normalized spacial score (nSPS) is 14.1. The number of carbonyl (C=O) groups excluding carboxylic acids is 1. The first-order valence-electron chi connectivity index (χ1n) is 8.98. The van der Waals surface area contributed by atoms with Crippen molar-refractivity contribution in [3.63, 3.8) is 0 Å². The Morgan fingerprint density at radius 3 is 2.38 bits per heavy atom. The molecule has 0 bridgehead atoms. The predicted octanol–water partition coefficient (Wildman–Crippen LogP) is 4.53. The van der Waals surface area contributed by atoms with Gasteiger partial charge in [-0.25, -0.2) is 13.8 Å². The summed E-state index contributed by atoms with van der Waals surface area (Å²) in [5.74, 6) is -0.488. The van der Waals surface area contributed by atoms with Crippen LogP contribution in [0.4, 0.5) is 31.1 Å². The van der Waals surface area contributed by atoms with E-state index in [1.807, 2.05) is 36.0 Å². The number of thioether (sulfide) groups is 1. The topological polar surface area (TPSA) is 71.2 Å². The van der Waals surface area contributed by atoms with Crippen LogP contribution in [0.15, 0.2) is 42.5 Å². The number of ketones is 1. The first kappa shape index (κ1) is 19.7. The molecular weight excluding hydrogens is 414 g/mol. The summed E-state index contributed by atoms with van der Waals surface area (Å²) in [7, 11) is 0. The highest BCUT2D eigenvalue weighted by molar-refractivity contribution is 7.99. The van der Waals surface area contributed by atoms with Gasteiger partial charge in [-0.15, -0.1) is 0 Å². The molecule has 2 heterocycles. The van der Waals surface area contributed by atoms with Crippen LogP contribution in [-0.4, -0.2) is 35.4 Å². The zero-order valence-electron chi connectivity index (χ0n) is 15.3. The lowest BCUT2D eigenvalue weighted by molar-refractivity contribution is 0.103. The van der Waals surface area contributed by atoms with Crippen molar-refractivity contribution in [2.75, 3.05) is 40.5 Å². The molecule has 0 unspecified atom stereocenters. The van der Waals surface area contributed by atoms with E-state index in [2.05, 4.69) is 15.2 Å². The van der Waals surface area contributed by atoms with E-state index < -0.39 is 23.0 Å². The minimum absolute atomic E-state index is 0.000984. The van der Waals surface area contributed by atoms with Gasteiger partial charge >= 0.3 is 0 Å². The summed E-state index contributed by atoms with van der Waals surface area (Å²) in [5, 5.41) is 3.48. The minimum atomic E-state index is -0.927. The maximum absolute atomic E-state index is 13.9. The van der Waals surface area contributed by atoms with E-state index in [4.69, 9.17) is 5.73 Å². The van der Waals surface area contributed by atoms with E-state index in [0.717, 1.165) is 59.4 Å². The number of benzene rings is 2. The van der Waals surface area contributed by atoms with Gasteiger partial charge in [-0.2, -0.15) is 11.8 Å². The third-order valence-corrected chi connectivity index (χ3v) is 6.47. The molecule has 2 aromatic carbocycles. The van der Waals surface area contributed by atoms with Crippen LogP contribution < -0.4 is 16.0 Å². The molecular formula is C20H18F2N4OS2. The first-order chi connectivity index (χ1) is 14.0. The van der Waals surface area contributed by atoms with E-state index in [0.29, 0.717) is 5.13 Å². The van der Waals surface area contributed by atoms with E-state index >= 15 is 0 Å². The first-order valence-corrected chi connectivity index (χ1v) is 10.9. The average Bonchev–Trinajstić information content (AvgIpc) is 3.09. The van der Waals surface area contributed by atoms with Crippen LogP contribution in [0, 0.1) is 11.6 Å². The van der Waals surface area contributed by atoms with Gasteiger partial charge < -0.3 is 16.0 Å². The summed E-state index contributed by atoms with van der Waals surface area (Å²) in [6.45, 7) is 2.05. The average molecular weight is 433 g/mol. The van der Waals surface area contributed by atoms with Gasteiger partial charge in [-0.1, -0.05) is 17.4 Å². The van der Waals surface area contributed by atoms with Gasteiger partial charge in [-0.05, 0) is 36.4 Å². The fourth-order valence-corrected chi connectivity index (χ4v) is 4.83. The van der Waals surface area contributed by atoms with Crippen LogP contribution in [0.2, 0.25) is 0 Å². The van der Waals surface area contributed by atoms with Crippen LogP contribution in [-0.2, 0) is 0 Å². The van der Waals surface area contributed by atoms with E-state index in [1.54, 1.807) is 0 Å². The molecule has 1 aliphatic heterocycles. The Kier molecular flexibility index (Phi) is 5.68. The van der Waals surface area contributed by atoms with Crippen molar-refractivity contribution in [3.8, 4) is 0 Å². The van der Waals surface area contributed by atoms with Crippen LogP contribution in [0.3, 0.4) is 0 Å². The number of nitrogens with zero attached hydrogens (tertiary/aromatic N) is 2. The summed E-state index contributed by atoms with van der Waals surface area (Å²) in [6.07, 6.45) is 0. The van der Waals surface area contributed by atoms with Crippen molar-refractivity contribution in [2.24, 2.45) is 0 Å². The van der Waals surface area contributed by atoms with Crippen molar-refractivity contribution in [3.05, 3.63) is 64.5 Å². The molecule has 5 nitrogen and oxygen atoms in total. The molecule has 9 heteroatoms. The van der Waals surface area contributed by atoms with Crippen molar-refractivity contribution >= 4 is 51.2 Å². The van der Waals surface area contributed by atoms with E-state index in [9.17, 15) is 13.6 Å². The number of carbonyl (C=O) groups is 1. The number of halogens is 2. The van der Waals surface area contributed by atoms with Crippen LogP contribution in [0.25, 0.3) is 0 Å². The predicted molar refractivity (Wildman–Crippen MR) is 116 cm³/mol. The Balaban J connectivity index is 1.51. The molecule has 0 atom stereocenters. The lowest BCUT2D eigenvalue weighted by atomic mass is 10.1. The van der Waals surface area contributed by atoms with E-state index in [1.165, 1.54) is 6.07 Å². The number of hydrogen-bond donors (Lipinski definition) is 2. The zero-order valence-corrected chi connectivity index (χ0v) is 17.0. The molecule has 0 radical (unpaired) electrons. The third kappa shape index (κ3) is 4.20. The maximum Gasteiger partial charge on any atom is 0.212 e. The van der Waals surface area contributed by atoms with Crippen molar-refractivity contribution < 1.29 is 13.6 Å². The molecule has 0 aliphatic carbocycles. The monoisotopic (exact) mass is 432 g/mol. The van der Waals surface area contributed by atoms with Gasteiger partial charge in [-0.3, -0.25) is 4.79 Å². The second kappa shape index (κ2) is 8.38. The number of nitrogen functional groups attached to an aromatic ring is 1. The maximum atomic E-state index is 13.9. The second-order valence-electron chi connectivity index (χ2n) is 6.43. The molecule has 29 heavy (non-hydrogen) atoms. The van der Waals surface area contributed by atoms with Crippen LogP contribution in [0.1, 0.15) is 15.2 Å².